The van der Waals surface area contributed by atoms with E-state index in [0.717, 1.165) is 16.5 Å². The lowest BCUT2D eigenvalue weighted by molar-refractivity contribution is -0.114. The van der Waals surface area contributed by atoms with Gasteiger partial charge >= 0.3 is 0 Å². The van der Waals surface area contributed by atoms with Crippen LogP contribution in [0.4, 0.5) is 5.69 Å². The van der Waals surface area contributed by atoms with Gasteiger partial charge in [-0.3, -0.25) is 9.36 Å². The summed E-state index contributed by atoms with van der Waals surface area (Å²) in [6, 6.07) is 28.4. The van der Waals surface area contributed by atoms with Crippen molar-refractivity contribution in [1.29, 1.82) is 0 Å². The molecule has 29 heavy (non-hydrogen) atoms. The number of hydrogen-bond acceptors (Lipinski definition) is 4. The van der Waals surface area contributed by atoms with Gasteiger partial charge in [0.1, 0.15) is 6.33 Å². The minimum atomic E-state index is -0.103. The summed E-state index contributed by atoms with van der Waals surface area (Å²) in [5.41, 5.74) is 4.03. The molecule has 0 fully saturated rings. The Hall–Kier alpha value is -3.38. The molecular weight excluding hydrogens is 380 g/mol. The van der Waals surface area contributed by atoms with E-state index in [2.05, 4.69) is 39.8 Å². The van der Waals surface area contributed by atoms with Gasteiger partial charge in [0.25, 0.3) is 0 Å². The van der Waals surface area contributed by atoms with E-state index in [4.69, 9.17) is 0 Å². The maximum absolute atomic E-state index is 11.4. The predicted molar refractivity (Wildman–Crippen MR) is 116 cm³/mol. The molecule has 0 spiro atoms. The topological polar surface area (TPSA) is 59.8 Å². The molecule has 4 rings (SSSR count). The first kappa shape index (κ1) is 19.0. The summed E-state index contributed by atoms with van der Waals surface area (Å²) in [4.78, 5) is 11.4. The zero-order valence-electron chi connectivity index (χ0n) is 15.9. The molecule has 0 aliphatic rings. The molecule has 5 nitrogen and oxygen atoms in total. The van der Waals surface area contributed by atoms with Crippen molar-refractivity contribution in [3.8, 4) is 5.69 Å². The molecule has 1 aromatic heterocycles. The largest absolute Gasteiger partial charge is 0.326 e. The van der Waals surface area contributed by atoms with Gasteiger partial charge in [-0.1, -0.05) is 78.5 Å². The van der Waals surface area contributed by atoms with E-state index < -0.39 is 0 Å². The highest BCUT2D eigenvalue weighted by Crippen LogP contribution is 2.40. The maximum atomic E-state index is 11.4. The minimum Gasteiger partial charge on any atom is -0.326 e. The SMILES string of the molecule is CC(=O)Nc1cccc(-n2cnnc2SC(c2ccccc2)c2ccccc2)c1. The fourth-order valence-corrected chi connectivity index (χ4v) is 4.27. The van der Waals surface area contributed by atoms with Crippen molar-refractivity contribution in [2.75, 3.05) is 5.32 Å². The molecule has 0 radical (unpaired) electrons. The van der Waals surface area contributed by atoms with Gasteiger partial charge < -0.3 is 5.32 Å². The van der Waals surface area contributed by atoms with Crippen LogP contribution in [0, 0.1) is 0 Å². The molecule has 4 aromatic rings. The highest BCUT2D eigenvalue weighted by atomic mass is 32.2. The third-order valence-corrected chi connectivity index (χ3v) is 5.66. The third-order valence-electron chi connectivity index (χ3n) is 4.39. The van der Waals surface area contributed by atoms with Crippen LogP contribution in [0.25, 0.3) is 5.69 Å². The number of benzene rings is 3. The average molecular weight is 401 g/mol. The number of aromatic nitrogens is 3. The normalized spacial score (nSPS) is 10.8. The number of thioether (sulfide) groups is 1. The Bertz CT molecular complexity index is 1060. The van der Waals surface area contributed by atoms with E-state index in [1.807, 2.05) is 65.2 Å². The molecule has 0 bridgehead atoms. The molecule has 0 atom stereocenters. The number of carbonyl (C=O) groups excluding carboxylic acids is 1. The van der Waals surface area contributed by atoms with E-state index >= 15 is 0 Å². The third kappa shape index (κ3) is 4.55. The summed E-state index contributed by atoms with van der Waals surface area (Å²) in [5.74, 6) is -0.103. The summed E-state index contributed by atoms with van der Waals surface area (Å²) in [5, 5.41) is 12.2. The van der Waals surface area contributed by atoms with Gasteiger partial charge in [0.15, 0.2) is 5.16 Å². The number of nitrogens with one attached hydrogen (secondary N) is 1. The van der Waals surface area contributed by atoms with Crippen molar-refractivity contribution in [3.05, 3.63) is 102 Å². The molecule has 6 heteroatoms. The van der Waals surface area contributed by atoms with Crippen LogP contribution in [0.15, 0.2) is 96.4 Å². The summed E-state index contributed by atoms with van der Waals surface area (Å²) < 4.78 is 1.94. The first-order chi connectivity index (χ1) is 14.2. The van der Waals surface area contributed by atoms with Crippen LogP contribution in [0.1, 0.15) is 23.3 Å². The Balaban J connectivity index is 1.69. The summed E-state index contributed by atoms with van der Waals surface area (Å²) in [6.07, 6.45) is 1.70. The number of anilines is 1. The number of carbonyl (C=O) groups is 1. The highest BCUT2D eigenvalue weighted by molar-refractivity contribution is 7.99. The molecule has 144 valence electrons. The first-order valence-corrected chi connectivity index (χ1v) is 10.1. The number of amides is 1. The average Bonchev–Trinajstić information content (AvgIpc) is 3.21. The standard InChI is InChI=1S/C23H20N4OS/c1-17(28)25-20-13-8-14-21(15-20)27-16-24-26-23(27)29-22(18-9-4-2-5-10-18)19-11-6-3-7-12-19/h2-16,22H,1H3,(H,25,28). The van der Waals surface area contributed by atoms with Crippen LogP contribution < -0.4 is 5.32 Å². The summed E-state index contributed by atoms with van der Waals surface area (Å²) in [6.45, 7) is 1.50. The smallest absolute Gasteiger partial charge is 0.221 e. The van der Waals surface area contributed by atoms with Gasteiger partial charge in [0.2, 0.25) is 5.91 Å². The van der Waals surface area contributed by atoms with Gasteiger partial charge in [-0.25, -0.2) is 0 Å². The van der Waals surface area contributed by atoms with Crippen molar-refractivity contribution in [2.24, 2.45) is 0 Å². The molecule has 0 aliphatic carbocycles. The van der Waals surface area contributed by atoms with E-state index in [-0.39, 0.29) is 11.2 Å². The van der Waals surface area contributed by atoms with Crippen LogP contribution in [0.2, 0.25) is 0 Å². The second-order valence-electron chi connectivity index (χ2n) is 6.53. The Morgan fingerprint density at radius 3 is 2.21 bits per heavy atom. The Kier molecular flexibility index (Phi) is 5.72. The number of nitrogens with zero attached hydrogens (tertiary/aromatic N) is 3. The molecule has 0 saturated carbocycles. The van der Waals surface area contributed by atoms with Crippen molar-refractivity contribution in [1.82, 2.24) is 14.8 Å². The Morgan fingerprint density at radius 1 is 0.931 bits per heavy atom. The monoisotopic (exact) mass is 400 g/mol. The van der Waals surface area contributed by atoms with Crippen molar-refractivity contribution < 1.29 is 4.79 Å². The molecule has 1 amide bonds. The second-order valence-corrected chi connectivity index (χ2v) is 7.61. The van der Waals surface area contributed by atoms with Crippen molar-refractivity contribution >= 4 is 23.4 Å². The molecule has 1 heterocycles. The van der Waals surface area contributed by atoms with Crippen molar-refractivity contribution in [3.63, 3.8) is 0 Å². The summed E-state index contributed by atoms with van der Waals surface area (Å²) in [7, 11) is 0. The van der Waals surface area contributed by atoms with Crippen molar-refractivity contribution in [2.45, 2.75) is 17.3 Å². The van der Waals surface area contributed by atoms with E-state index in [1.165, 1.54) is 18.1 Å². The van der Waals surface area contributed by atoms with Gasteiger partial charge in [-0.05, 0) is 29.3 Å². The van der Waals surface area contributed by atoms with E-state index in [0.29, 0.717) is 0 Å². The second kappa shape index (κ2) is 8.75. The van der Waals surface area contributed by atoms with Gasteiger partial charge in [-0.2, -0.15) is 0 Å². The van der Waals surface area contributed by atoms with Crippen LogP contribution in [-0.2, 0) is 4.79 Å². The number of hydrogen-bond donors (Lipinski definition) is 1. The van der Waals surface area contributed by atoms with Gasteiger partial charge in [-0.15, -0.1) is 10.2 Å². The lowest BCUT2D eigenvalue weighted by Crippen LogP contribution is -2.06. The molecular formula is C23H20N4OS. The Labute approximate surface area is 173 Å². The van der Waals surface area contributed by atoms with Gasteiger partial charge in [0, 0.05) is 12.6 Å². The van der Waals surface area contributed by atoms with Crippen LogP contribution in [0.5, 0.6) is 0 Å². The summed E-state index contributed by atoms with van der Waals surface area (Å²) >= 11 is 1.64. The molecule has 0 aliphatic heterocycles. The molecule has 3 aromatic carbocycles. The first-order valence-electron chi connectivity index (χ1n) is 9.25. The molecule has 0 unspecified atom stereocenters. The molecule has 0 saturated heterocycles. The van der Waals surface area contributed by atoms with Crippen LogP contribution in [0.3, 0.4) is 0 Å². The van der Waals surface area contributed by atoms with Crippen LogP contribution >= 0.6 is 11.8 Å². The fourth-order valence-electron chi connectivity index (χ4n) is 3.11. The zero-order valence-corrected chi connectivity index (χ0v) is 16.7. The highest BCUT2D eigenvalue weighted by Gasteiger charge is 2.19. The zero-order chi connectivity index (χ0) is 20.1. The fraction of sp³-hybridized carbons (Fsp3) is 0.0870. The quantitative estimate of drug-likeness (QED) is 0.457. The Morgan fingerprint density at radius 2 is 1.59 bits per heavy atom. The van der Waals surface area contributed by atoms with E-state index in [9.17, 15) is 4.79 Å². The van der Waals surface area contributed by atoms with Gasteiger partial charge in [0.05, 0.1) is 10.9 Å². The van der Waals surface area contributed by atoms with Crippen LogP contribution in [-0.4, -0.2) is 20.7 Å². The predicted octanol–water partition coefficient (Wildman–Crippen LogP) is 5.11. The lowest BCUT2D eigenvalue weighted by Gasteiger charge is -2.18. The van der Waals surface area contributed by atoms with E-state index in [1.54, 1.807) is 18.1 Å². The lowest BCUT2D eigenvalue weighted by atomic mass is 10.0. The minimum absolute atomic E-state index is 0.0823. The molecule has 1 N–H and O–H groups in total. The number of rotatable bonds is 6. The maximum Gasteiger partial charge on any atom is 0.221 e.